The fraction of sp³-hybridized carbons (Fsp3) is 0.333. The quantitative estimate of drug-likeness (QED) is 0.419. The molecule has 0 rings (SSSR count). The van der Waals surface area contributed by atoms with E-state index >= 15 is 0 Å². The Bertz CT molecular complexity index is 156. The number of hydrogen-bond donors (Lipinski definition) is 1. The lowest BCUT2D eigenvalue weighted by Gasteiger charge is -1.93. The van der Waals surface area contributed by atoms with Crippen LogP contribution in [0.15, 0.2) is 12.8 Å². The van der Waals surface area contributed by atoms with Gasteiger partial charge in [0.15, 0.2) is 5.94 Å². The highest BCUT2D eigenvalue weighted by molar-refractivity contribution is 7.86. The molecule has 0 aliphatic rings. The van der Waals surface area contributed by atoms with Crippen molar-refractivity contribution in [2.75, 3.05) is 5.94 Å². The SMILES string of the molecule is C=COS(=O)(=O)CO. The van der Waals surface area contributed by atoms with Crippen molar-refractivity contribution in [2.45, 2.75) is 0 Å². The van der Waals surface area contributed by atoms with Crippen LogP contribution in [0.1, 0.15) is 0 Å². The molecule has 1 N–H and O–H groups in total. The highest BCUT2D eigenvalue weighted by Crippen LogP contribution is 1.88. The summed E-state index contributed by atoms with van der Waals surface area (Å²) in [7, 11) is -3.73. The summed E-state index contributed by atoms with van der Waals surface area (Å²) in [5.41, 5.74) is 0. The highest BCUT2D eigenvalue weighted by Gasteiger charge is 2.03. The molecule has 0 unspecified atom stereocenters. The Balaban J connectivity index is 3.94. The van der Waals surface area contributed by atoms with Crippen LogP contribution in [0, 0.1) is 0 Å². The molecular weight excluding hydrogens is 132 g/mol. The molecule has 0 atom stereocenters. The van der Waals surface area contributed by atoms with E-state index in [0.717, 1.165) is 6.26 Å². The minimum Gasteiger partial charge on any atom is -0.389 e. The van der Waals surface area contributed by atoms with E-state index in [2.05, 4.69) is 10.8 Å². The third-order valence-corrected chi connectivity index (χ3v) is 1.12. The highest BCUT2D eigenvalue weighted by atomic mass is 32.2. The maximum atomic E-state index is 10.1. The second kappa shape index (κ2) is 2.68. The van der Waals surface area contributed by atoms with Crippen molar-refractivity contribution in [2.24, 2.45) is 0 Å². The van der Waals surface area contributed by atoms with Crippen LogP contribution >= 0.6 is 0 Å². The molecule has 4 nitrogen and oxygen atoms in total. The molecule has 0 aliphatic carbocycles. The molecule has 0 saturated heterocycles. The van der Waals surface area contributed by atoms with E-state index in [1.165, 1.54) is 0 Å². The summed E-state index contributed by atoms with van der Waals surface area (Å²) in [4.78, 5) is 0. The van der Waals surface area contributed by atoms with E-state index in [1.807, 2.05) is 0 Å². The summed E-state index contributed by atoms with van der Waals surface area (Å²) >= 11 is 0. The van der Waals surface area contributed by atoms with Crippen molar-refractivity contribution in [3.8, 4) is 0 Å². The van der Waals surface area contributed by atoms with Gasteiger partial charge < -0.3 is 9.29 Å². The van der Waals surface area contributed by atoms with Gasteiger partial charge in [0.25, 0.3) is 0 Å². The van der Waals surface area contributed by atoms with Crippen molar-refractivity contribution >= 4 is 10.1 Å². The maximum absolute atomic E-state index is 10.1. The molecule has 0 aliphatic heterocycles. The minimum atomic E-state index is -3.73. The summed E-state index contributed by atoms with van der Waals surface area (Å²) in [6.07, 6.45) is 0.742. The second-order valence-electron chi connectivity index (χ2n) is 0.950. The van der Waals surface area contributed by atoms with Crippen LogP contribution in [-0.4, -0.2) is 19.5 Å². The normalized spacial score (nSPS) is 10.6. The molecule has 0 aromatic rings. The molecule has 48 valence electrons. The van der Waals surface area contributed by atoms with Crippen LogP contribution in [-0.2, 0) is 14.3 Å². The summed E-state index contributed by atoms with van der Waals surface area (Å²) in [5.74, 6) is -1.01. The smallest absolute Gasteiger partial charge is 0.332 e. The van der Waals surface area contributed by atoms with Crippen LogP contribution in [0.2, 0.25) is 0 Å². The molecular formula is C3H6O4S. The molecule has 0 radical (unpaired) electrons. The van der Waals surface area contributed by atoms with Gasteiger partial charge in [0.1, 0.15) is 0 Å². The monoisotopic (exact) mass is 138 g/mol. The van der Waals surface area contributed by atoms with Gasteiger partial charge >= 0.3 is 10.1 Å². The van der Waals surface area contributed by atoms with Crippen molar-refractivity contribution in [3.63, 3.8) is 0 Å². The van der Waals surface area contributed by atoms with Gasteiger partial charge in [-0.1, -0.05) is 6.58 Å². The molecule has 0 saturated carbocycles. The third-order valence-electron chi connectivity index (χ3n) is 0.373. The van der Waals surface area contributed by atoms with Crippen molar-refractivity contribution in [3.05, 3.63) is 12.8 Å². The molecule has 0 aromatic carbocycles. The fourth-order valence-corrected chi connectivity index (χ4v) is 0.402. The van der Waals surface area contributed by atoms with Crippen LogP contribution in [0.25, 0.3) is 0 Å². The predicted molar refractivity (Wildman–Crippen MR) is 27.3 cm³/mol. The predicted octanol–water partition coefficient (Wildman–Crippen LogP) is -0.574. The zero-order valence-corrected chi connectivity index (χ0v) is 4.89. The molecule has 0 spiro atoms. The van der Waals surface area contributed by atoms with E-state index in [0.29, 0.717) is 0 Å². The summed E-state index contributed by atoms with van der Waals surface area (Å²) in [6, 6.07) is 0. The van der Waals surface area contributed by atoms with Crippen molar-refractivity contribution < 1.29 is 17.7 Å². The summed E-state index contributed by atoms with van der Waals surface area (Å²) in [5, 5.41) is 7.96. The zero-order chi connectivity index (χ0) is 6.62. The first kappa shape index (κ1) is 7.45. The van der Waals surface area contributed by atoms with Gasteiger partial charge in [-0.2, -0.15) is 8.42 Å². The van der Waals surface area contributed by atoms with Crippen LogP contribution in [0.4, 0.5) is 0 Å². The van der Waals surface area contributed by atoms with Gasteiger partial charge in [-0.3, -0.25) is 0 Å². The number of hydrogen-bond acceptors (Lipinski definition) is 4. The molecule has 8 heavy (non-hydrogen) atoms. The lowest BCUT2D eigenvalue weighted by molar-refractivity contribution is 0.328. The van der Waals surface area contributed by atoms with E-state index in [-0.39, 0.29) is 0 Å². The van der Waals surface area contributed by atoms with Gasteiger partial charge in [0.05, 0.1) is 6.26 Å². The van der Waals surface area contributed by atoms with Crippen molar-refractivity contribution in [1.29, 1.82) is 0 Å². The Kier molecular flexibility index (Phi) is 2.50. The Labute approximate surface area is 47.5 Å². The summed E-state index contributed by atoms with van der Waals surface area (Å²) in [6.45, 7) is 2.98. The van der Waals surface area contributed by atoms with Crippen molar-refractivity contribution in [1.82, 2.24) is 0 Å². The van der Waals surface area contributed by atoms with Gasteiger partial charge in [0.2, 0.25) is 0 Å². The van der Waals surface area contributed by atoms with E-state index < -0.39 is 16.1 Å². The summed E-state index contributed by atoms with van der Waals surface area (Å²) < 4.78 is 24.0. The Hall–Kier alpha value is -0.550. The van der Waals surface area contributed by atoms with Gasteiger partial charge in [-0.05, 0) is 0 Å². The number of aliphatic hydroxyl groups excluding tert-OH is 1. The van der Waals surface area contributed by atoms with Gasteiger partial charge in [-0.15, -0.1) is 0 Å². The first-order valence-electron chi connectivity index (χ1n) is 1.75. The fourth-order valence-electron chi connectivity index (χ4n) is 0.134. The molecule has 0 aromatic heterocycles. The standard InChI is InChI=1S/C3H6O4S/c1-2-7-8(5,6)3-4/h2,4H,1,3H2. The average molecular weight is 138 g/mol. The Morgan fingerprint density at radius 3 is 2.38 bits per heavy atom. The lowest BCUT2D eigenvalue weighted by atomic mass is 11.2. The number of aliphatic hydroxyl groups is 1. The molecule has 5 heteroatoms. The molecule has 0 fully saturated rings. The third kappa shape index (κ3) is 2.59. The van der Waals surface area contributed by atoms with E-state index in [4.69, 9.17) is 5.11 Å². The van der Waals surface area contributed by atoms with Crippen LogP contribution < -0.4 is 0 Å². The zero-order valence-electron chi connectivity index (χ0n) is 4.07. The largest absolute Gasteiger partial charge is 0.389 e. The molecule has 0 amide bonds. The van der Waals surface area contributed by atoms with Crippen LogP contribution in [0.5, 0.6) is 0 Å². The second-order valence-corrected chi connectivity index (χ2v) is 2.52. The van der Waals surface area contributed by atoms with Gasteiger partial charge in [-0.25, -0.2) is 0 Å². The minimum absolute atomic E-state index is 0.742. The van der Waals surface area contributed by atoms with Gasteiger partial charge in [0, 0.05) is 0 Å². The first-order chi connectivity index (χ1) is 3.62. The Morgan fingerprint density at radius 2 is 2.25 bits per heavy atom. The first-order valence-corrected chi connectivity index (χ1v) is 3.33. The van der Waals surface area contributed by atoms with Crippen LogP contribution in [0.3, 0.4) is 0 Å². The molecule has 0 bridgehead atoms. The lowest BCUT2D eigenvalue weighted by Crippen LogP contribution is -2.05. The Morgan fingerprint density at radius 1 is 1.75 bits per heavy atom. The molecule has 0 heterocycles. The average Bonchev–Trinajstić information content (AvgIpc) is 1.67. The number of rotatable bonds is 3. The maximum Gasteiger partial charge on any atom is 0.332 e. The topological polar surface area (TPSA) is 63.6 Å². The van der Waals surface area contributed by atoms with E-state index in [1.54, 1.807) is 0 Å². The van der Waals surface area contributed by atoms with E-state index in [9.17, 15) is 8.42 Å².